The van der Waals surface area contributed by atoms with Gasteiger partial charge in [0.05, 0.1) is 26.0 Å². The Kier molecular flexibility index (Phi) is 7.14. The summed E-state index contributed by atoms with van der Waals surface area (Å²) in [6.07, 6.45) is 1.81. The highest BCUT2D eigenvalue weighted by Crippen LogP contribution is 2.16. The number of nitrogens with zero attached hydrogens (tertiary/aromatic N) is 2. The minimum atomic E-state index is -0.342. The average Bonchev–Trinajstić information content (AvgIpc) is 2.50. The molecule has 0 saturated carbocycles. The highest BCUT2D eigenvalue weighted by molar-refractivity contribution is 5.81. The average molecular weight is 299 g/mol. The van der Waals surface area contributed by atoms with Crippen molar-refractivity contribution < 1.29 is 19.1 Å². The first kappa shape index (κ1) is 17.4. The van der Waals surface area contributed by atoms with Crippen molar-refractivity contribution in [1.82, 2.24) is 9.80 Å². The zero-order valence-electron chi connectivity index (χ0n) is 12.8. The first-order valence-electron chi connectivity index (χ1n) is 7.34. The molecule has 2 N–H and O–H groups in total. The van der Waals surface area contributed by atoms with E-state index < -0.39 is 0 Å². The van der Waals surface area contributed by atoms with Gasteiger partial charge < -0.3 is 15.4 Å². The summed E-state index contributed by atoms with van der Waals surface area (Å²) in [5, 5.41) is 0. The Morgan fingerprint density at radius 1 is 1.38 bits per heavy atom. The van der Waals surface area contributed by atoms with Crippen LogP contribution in [-0.4, -0.2) is 67.4 Å². The summed E-state index contributed by atoms with van der Waals surface area (Å²) in [6, 6.07) is 0. The quantitative estimate of drug-likeness (QED) is 0.645. The molecule has 1 saturated heterocycles. The Hall–Kier alpha value is -1.63. The predicted octanol–water partition coefficient (Wildman–Crippen LogP) is -0.405. The fourth-order valence-electron chi connectivity index (χ4n) is 2.43. The summed E-state index contributed by atoms with van der Waals surface area (Å²) in [7, 11) is 1.35. The number of nitrogens with two attached hydrogens (primary N) is 1. The van der Waals surface area contributed by atoms with Crippen LogP contribution in [0, 0.1) is 5.92 Å². The van der Waals surface area contributed by atoms with Crippen LogP contribution in [0.2, 0.25) is 0 Å². The molecule has 1 atom stereocenters. The van der Waals surface area contributed by atoms with E-state index in [2.05, 4.69) is 4.74 Å². The second-order valence-electron chi connectivity index (χ2n) is 5.28. The Morgan fingerprint density at radius 3 is 2.67 bits per heavy atom. The van der Waals surface area contributed by atoms with Crippen LogP contribution < -0.4 is 5.73 Å². The number of rotatable bonds is 7. The van der Waals surface area contributed by atoms with Gasteiger partial charge in [-0.05, 0) is 19.4 Å². The lowest BCUT2D eigenvalue weighted by Gasteiger charge is -2.32. The van der Waals surface area contributed by atoms with Gasteiger partial charge in [0.15, 0.2) is 0 Å². The molecule has 0 aromatic rings. The van der Waals surface area contributed by atoms with Crippen molar-refractivity contribution >= 4 is 17.8 Å². The summed E-state index contributed by atoms with van der Waals surface area (Å²) in [5.41, 5.74) is 5.31. The molecule has 7 heteroatoms. The molecule has 7 nitrogen and oxygen atoms in total. The van der Waals surface area contributed by atoms with Crippen LogP contribution in [0.4, 0.5) is 0 Å². The van der Waals surface area contributed by atoms with E-state index in [0.717, 1.165) is 12.8 Å². The lowest BCUT2D eigenvalue weighted by Crippen LogP contribution is -2.47. The molecule has 21 heavy (non-hydrogen) atoms. The molecule has 1 aliphatic heterocycles. The van der Waals surface area contributed by atoms with Crippen LogP contribution in [0.3, 0.4) is 0 Å². The number of likely N-dealkylation sites (N-methyl/N-ethyl adjacent to an activating group) is 1. The van der Waals surface area contributed by atoms with E-state index in [4.69, 9.17) is 5.73 Å². The molecule has 1 unspecified atom stereocenters. The number of primary amides is 1. The van der Waals surface area contributed by atoms with Gasteiger partial charge in [-0.1, -0.05) is 6.92 Å². The Bertz CT molecular complexity index is 386. The minimum Gasteiger partial charge on any atom is -0.469 e. The highest BCUT2D eigenvalue weighted by Gasteiger charge is 2.27. The van der Waals surface area contributed by atoms with Crippen LogP contribution in [-0.2, 0) is 19.1 Å². The maximum atomic E-state index is 12.3. The largest absolute Gasteiger partial charge is 0.469 e. The van der Waals surface area contributed by atoms with Crippen molar-refractivity contribution in [2.24, 2.45) is 11.7 Å². The summed E-state index contributed by atoms with van der Waals surface area (Å²) in [4.78, 5) is 38.2. The molecular weight excluding hydrogens is 274 g/mol. The number of carbonyl (C=O) groups is 3. The Morgan fingerprint density at radius 2 is 2.10 bits per heavy atom. The Labute approximate surface area is 125 Å². The lowest BCUT2D eigenvalue weighted by atomic mass is 9.97. The van der Waals surface area contributed by atoms with Gasteiger partial charge in [-0.2, -0.15) is 0 Å². The van der Waals surface area contributed by atoms with Crippen LogP contribution in [0.15, 0.2) is 0 Å². The van der Waals surface area contributed by atoms with Gasteiger partial charge in [0.25, 0.3) is 0 Å². The molecule has 0 aromatic carbocycles. The Balaban J connectivity index is 2.46. The second-order valence-corrected chi connectivity index (χ2v) is 5.28. The number of hydrogen-bond donors (Lipinski definition) is 1. The van der Waals surface area contributed by atoms with Gasteiger partial charge in [0.1, 0.15) is 0 Å². The normalized spacial score (nSPS) is 18.6. The van der Waals surface area contributed by atoms with E-state index in [1.54, 1.807) is 4.90 Å². The van der Waals surface area contributed by atoms with Gasteiger partial charge >= 0.3 is 5.97 Å². The maximum absolute atomic E-state index is 12.3. The molecule has 1 aliphatic rings. The van der Waals surface area contributed by atoms with E-state index in [9.17, 15) is 14.4 Å². The second kappa shape index (κ2) is 8.61. The fourth-order valence-corrected chi connectivity index (χ4v) is 2.43. The minimum absolute atomic E-state index is 0.0207. The van der Waals surface area contributed by atoms with Crippen molar-refractivity contribution in [3.05, 3.63) is 0 Å². The van der Waals surface area contributed by atoms with Gasteiger partial charge in [-0.15, -0.1) is 0 Å². The van der Waals surface area contributed by atoms with Gasteiger partial charge in [0.2, 0.25) is 11.8 Å². The number of esters is 1. The first-order chi connectivity index (χ1) is 9.97. The fraction of sp³-hybridized carbons (Fsp3) is 0.786. The summed E-state index contributed by atoms with van der Waals surface area (Å²) >= 11 is 0. The molecule has 1 rings (SSSR count). The van der Waals surface area contributed by atoms with Crippen LogP contribution >= 0.6 is 0 Å². The molecule has 0 aromatic heterocycles. The van der Waals surface area contributed by atoms with Crippen molar-refractivity contribution in [3.63, 3.8) is 0 Å². The molecule has 2 amide bonds. The van der Waals surface area contributed by atoms with Crippen LogP contribution in [0.5, 0.6) is 0 Å². The van der Waals surface area contributed by atoms with Gasteiger partial charge in [-0.3, -0.25) is 19.3 Å². The molecule has 0 spiro atoms. The third-order valence-corrected chi connectivity index (χ3v) is 3.84. The van der Waals surface area contributed by atoms with E-state index in [1.807, 2.05) is 11.8 Å². The van der Waals surface area contributed by atoms with E-state index >= 15 is 0 Å². The summed E-state index contributed by atoms with van der Waals surface area (Å²) < 4.78 is 4.59. The number of ether oxygens (including phenoxy) is 1. The third-order valence-electron chi connectivity index (χ3n) is 3.84. The standard InChI is InChI=1S/C14H25N3O4/c1-3-16(8-6-13(19)21-2)10-12(18)17-7-4-5-11(9-17)14(15)20/h11H,3-10H2,1-2H3,(H2,15,20). The molecule has 1 heterocycles. The van der Waals surface area contributed by atoms with Crippen LogP contribution in [0.25, 0.3) is 0 Å². The van der Waals surface area contributed by atoms with Gasteiger partial charge in [0, 0.05) is 19.6 Å². The monoisotopic (exact) mass is 299 g/mol. The number of hydrogen-bond acceptors (Lipinski definition) is 5. The number of carbonyl (C=O) groups excluding carboxylic acids is 3. The van der Waals surface area contributed by atoms with Crippen molar-refractivity contribution in [3.8, 4) is 0 Å². The van der Waals surface area contributed by atoms with E-state index in [-0.39, 0.29) is 36.7 Å². The first-order valence-corrected chi connectivity index (χ1v) is 7.34. The summed E-state index contributed by atoms with van der Waals surface area (Å²) in [6.45, 7) is 4.42. The smallest absolute Gasteiger partial charge is 0.306 e. The number of amides is 2. The van der Waals surface area contributed by atoms with Crippen molar-refractivity contribution in [1.29, 1.82) is 0 Å². The molecule has 0 bridgehead atoms. The SMILES string of the molecule is CCN(CCC(=O)OC)CC(=O)N1CCCC(C(N)=O)C1. The highest BCUT2D eigenvalue weighted by atomic mass is 16.5. The van der Waals surface area contributed by atoms with Gasteiger partial charge in [-0.25, -0.2) is 0 Å². The number of methoxy groups -OCH3 is 1. The van der Waals surface area contributed by atoms with Crippen molar-refractivity contribution in [2.45, 2.75) is 26.2 Å². The van der Waals surface area contributed by atoms with Crippen LogP contribution in [0.1, 0.15) is 26.2 Å². The molecular formula is C14H25N3O4. The maximum Gasteiger partial charge on any atom is 0.306 e. The molecule has 120 valence electrons. The lowest BCUT2D eigenvalue weighted by molar-refractivity contribution is -0.142. The topological polar surface area (TPSA) is 92.9 Å². The molecule has 0 radical (unpaired) electrons. The third kappa shape index (κ3) is 5.71. The number of piperidine rings is 1. The summed E-state index contributed by atoms with van der Waals surface area (Å²) in [5.74, 6) is -0.890. The zero-order valence-corrected chi connectivity index (χ0v) is 12.8. The molecule has 1 fully saturated rings. The van der Waals surface area contributed by atoms with E-state index in [0.29, 0.717) is 26.2 Å². The number of likely N-dealkylation sites (tertiary alicyclic amines) is 1. The zero-order chi connectivity index (χ0) is 15.8. The molecule has 0 aliphatic carbocycles. The predicted molar refractivity (Wildman–Crippen MR) is 77.2 cm³/mol. The van der Waals surface area contributed by atoms with Crippen molar-refractivity contribution in [2.75, 3.05) is 39.8 Å². The van der Waals surface area contributed by atoms with E-state index in [1.165, 1.54) is 7.11 Å².